The Morgan fingerprint density at radius 1 is 1.07 bits per heavy atom. The van der Waals surface area contributed by atoms with Crippen molar-refractivity contribution >= 4 is 11.3 Å². The number of benzene rings is 1. The first-order valence-electron chi connectivity index (χ1n) is 4.26. The van der Waals surface area contributed by atoms with Crippen LogP contribution in [0.1, 0.15) is 11.9 Å². The molecule has 0 saturated carbocycles. The summed E-state index contributed by atoms with van der Waals surface area (Å²) in [6.07, 6.45) is -1.39. The van der Waals surface area contributed by atoms with Gasteiger partial charge in [0.1, 0.15) is 0 Å². The SMILES string of the molecule is OC(O)c1cccc(-c2ccsc2)c1. The molecule has 14 heavy (non-hydrogen) atoms. The highest BCUT2D eigenvalue weighted by Gasteiger charge is 2.04. The van der Waals surface area contributed by atoms with Crippen LogP contribution in [0.15, 0.2) is 41.1 Å². The number of hydrogen-bond donors (Lipinski definition) is 2. The van der Waals surface area contributed by atoms with Gasteiger partial charge >= 0.3 is 0 Å². The van der Waals surface area contributed by atoms with Crippen molar-refractivity contribution < 1.29 is 10.2 Å². The molecular formula is C11H10O2S. The molecule has 3 heteroatoms. The van der Waals surface area contributed by atoms with Gasteiger partial charge in [0.25, 0.3) is 0 Å². The van der Waals surface area contributed by atoms with Crippen LogP contribution in [0.5, 0.6) is 0 Å². The predicted molar refractivity (Wildman–Crippen MR) is 56.9 cm³/mol. The maximum absolute atomic E-state index is 9.00. The third-order valence-electron chi connectivity index (χ3n) is 2.04. The molecule has 0 aliphatic rings. The van der Waals surface area contributed by atoms with E-state index in [1.54, 1.807) is 23.5 Å². The number of aliphatic hydroxyl groups excluding tert-OH is 1. The fraction of sp³-hybridized carbons (Fsp3) is 0.0909. The summed E-state index contributed by atoms with van der Waals surface area (Å²) in [4.78, 5) is 0. The van der Waals surface area contributed by atoms with Crippen LogP contribution in [-0.2, 0) is 0 Å². The van der Waals surface area contributed by atoms with E-state index in [1.807, 2.05) is 29.0 Å². The lowest BCUT2D eigenvalue weighted by molar-refractivity contribution is -0.0424. The first-order chi connectivity index (χ1) is 6.77. The molecule has 0 aliphatic carbocycles. The van der Waals surface area contributed by atoms with E-state index in [4.69, 9.17) is 10.2 Å². The zero-order valence-corrected chi connectivity index (χ0v) is 8.24. The zero-order valence-electron chi connectivity index (χ0n) is 7.42. The second-order valence-electron chi connectivity index (χ2n) is 3.01. The summed E-state index contributed by atoms with van der Waals surface area (Å²) < 4.78 is 0. The lowest BCUT2D eigenvalue weighted by Gasteiger charge is -2.05. The minimum absolute atomic E-state index is 0.522. The van der Waals surface area contributed by atoms with Gasteiger partial charge in [-0.1, -0.05) is 18.2 Å². The molecule has 72 valence electrons. The van der Waals surface area contributed by atoms with E-state index in [2.05, 4.69) is 0 Å². The summed E-state index contributed by atoms with van der Waals surface area (Å²) in [6, 6.07) is 9.26. The average molecular weight is 206 g/mol. The van der Waals surface area contributed by atoms with E-state index in [0.29, 0.717) is 5.56 Å². The number of rotatable bonds is 2. The molecule has 2 rings (SSSR count). The van der Waals surface area contributed by atoms with E-state index in [1.165, 1.54) is 0 Å². The maximum Gasteiger partial charge on any atom is 0.178 e. The first-order valence-corrected chi connectivity index (χ1v) is 5.20. The van der Waals surface area contributed by atoms with E-state index in [9.17, 15) is 0 Å². The minimum Gasteiger partial charge on any atom is -0.364 e. The highest BCUT2D eigenvalue weighted by Crippen LogP contribution is 2.24. The molecule has 0 atom stereocenters. The van der Waals surface area contributed by atoms with Gasteiger partial charge in [-0.25, -0.2) is 0 Å². The highest BCUT2D eigenvalue weighted by atomic mass is 32.1. The molecule has 0 aliphatic heterocycles. The standard InChI is InChI=1S/C11H10O2S/c12-11(13)9-3-1-2-8(6-9)10-4-5-14-7-10/h1-7,11-13H. The van der Waals surface area contributed by atoms with Crippen LogP contribution in [0.4, 0.5) is 0 Å². The molecule has 0 bridgehead atoms. The van der Waals surface area contributed by atoms with Crippen LogP contribution in [0.2, 0.25) is 0 Å². The topological polar surface area (TPSA) is 40.5 Å². The molecule has 1 aromatic heterocycles. The summed E-state index contributed by atoms with van der Waals surface area (Å²) >= 11 is 1.62. The van der Waals surface area contributed by atoms with Crippen molar-refractivity contribution in [2.75, 3.05) is 0 Å². The second kappa shape index (κ2) is 3.92. The Labute approximate surface area is 86.1 Å². The highest BCUT2D eigenvalue weighted by molar-refractivity contribution is 7.08. The molecule has 0 fully saturated rings. The van der Waals surface area contributed by atoms with Crippen molar-refractivity contribution in [1.29, 1.82) is 0 Å². The van der Waals surface area contributed by atoms with Gasteiger partial charge in [-0.05, 0) is 34.0 Å². The molecule has 0 amide bonds. The van der Waals surface area contributed by atoms with Crippen LogP contribution >= 0.6 is 11.3 Å². The van der Waals surface area contributed by atoms with Crippen molar-refractivity contribution in [1.82, 2.24) is 0 Å². The van der Waals surface area contributed by atoms with Crippen molar-refractivity contribution in [3.8, 4) is 11.1 Å². The van der Waals surface area contributed by atoms with E-state index in [0.717, 1.165) is 11.1 Å². The van der Waals surface area contributed by atoms with E-state index >= 15 is 0 Å². The van der Waals surface area contributed by atoms with E-state index < -0.39 is 6.29 Å². The largest absolute Gasteiger partial charge is 0.364 e. The van der Waals surface area contributed by atoms with Crippen molar-refractivity contribution in [2.24, 2.45) is 0 Å². The third-order valence-corrected chi connectivity index (χ3v) is 2.72. The molecule has 2 nitrogen and oxygen atoms in total. The molecule has 0 saturated heterocycles. The van der Waals surface area contributed by atoms with Gasteiger partial charge in [0.2, 0.25) is 0 Å². The van der Waals surface area contributed by atoms with E-state index in [-0.39, 0.29) is 0 Å². The van der Waals surface area contributed by atoms with Gasteiger partial charge < -0.3 is 10.2 Å². The monoisotopic (exact) mass is 206 g/mol. The van der Waals surface area contributed by atoms with Crippen LogP contribution in [0, 0.1) is 0 Å². The number of aliphatic hydroxyl groups is 2. The van der Waals surface area contributed by atoms with Crippen LogP contribution in [0.25, 0.3) is 11.1 Å². The second-order valence-corrected chi connectivity index (χ2v) is 3.79. The Morgan fingerprint density at radius 3 is 2.57 bits per heavy atom. The molecule has 0 spiro atoms. The molecule has 0 radical (unpaired) electrons. The van der Waals surface area contributed by atoms with Crippen molar-refractivity contribution in [3.05, 3.63) is 46.7 Å². The van der Waals surface area contributed by atoms with Gasteiger partial charge in [-0.15, -0.1) is 0 Å². The maximum atomic E-state index is 9.00. The van der Waals surface area contributed by atoms with Gasteiger partial charge in [-0.2, -0.15) is 11.3 Å². The quantitative estimate of drug-likeness (QED) is 0.741. The summed E-state index contributed by atoms with van der Waals surface area (Å²) in [5.41, 5.74) is 2.64. The molecule has 0 unspecified atom stereocenters. The lowest BCUT2D eigenvalue weighted by atomic mass is 10.1. The Bertz CT molecular complexity index is 407. The minimum atomic E-state index is -1.39. The fourth-order valence-electron chi connectivity index (χ4n) is 1.31. The molecule has 2 N–H and O–H groups in total. The fourth-order valence-corrected chi connectivity index (χ4v) is 1.97. The summed E-state index contributed by atoms with van der Waals surface area (Å²) in [5, 5.41) is 22.0. The zero-order chi connectivity index (χ0) is 9.97. The van der Waals surface area contributed by atoms with Crippen molar-refractivity contribution in [3.63, 3.8) is 0 Å². The van der Waals surface area contributed by atoms with Gasteiger partial charge in [0, 0.05) is 5.56 Å². The van der Waals surface area contributed by atoms with Crippen LogP contribution in [0.3, 0.4) is 0 Å². The number of thiophene rings is 1. The first kappa shape index (κ1) is 9.40. The Morgan fingerprint density at radius 2 is 1.93 bits per heavy atom. The lowest BCUT2D eigenvalue weighted by Crippen LogP contribution is -1.94. The summed E-state index contributed by atoms with van der Waals surface area (Å²) in [5.74, 6) is 0. The van der Waals surface area contributed by atoms with Gasteiger partial charge in [0.15, 0.2) is 6.29 Å². The Kier molecular flexibility index (Phi) is 2.63. The molecule has 2 aromatic rings. The Balaban J connectivity index is 2.41. The summed E-state index contributed by atoms with van der Waals surface area (Å²) in [7, 11) is 0. The van der Waals surface area contributed by atoms with Crippen LogP contribution < -0.4 is 0 Å². The smallest absolute Gasteiger partial charge is 0.178 e. The molecule has 1 heterocycles. The van der Waals surface area contributed by atoms with Gasteiger partial charge in [0.05, 0.1) is 0 Å². The van der Waals surface area contributed by atoms with Crippen molar-refractivity contribution in [2.45, 2.75) is 6.29 Å². The van der Waals surface area contributed by atoms with Crippen LogP contribution in [-0.4, -0.2) is 10.2 Å². The Hall–Kier alpha value is -1.16. The third kappa shape index (κ3) is 1.85. The van der Waals surface area contributed by atoms with Gasteiger partial charge in [-0.3, -0.25) is 0 Å². The normalized spacial score (nSPS) is 10.8. The predicted octanol–water partition coefficient (Wildman–Crippen LogP) is 2.40. The number of hydrogen-bond acceptors (Lipinski definition) is 3. The molecule has 1 aromatic carbocycles. The summed E-state index contributed by atoms with van der Waals surface area (Å²) in [6.45, 7) is 0. The average Bonchev–Trinajstić information content (AvgIpc) is 2.71. The molecular weight excluding hydrogens is 196 g/mol.